The minimum Gasteiger partial charge on any atom is -0.327 e. The zero-order valence-corrected chi connectivity index (χ0v) is 12.7. The van der Waals surface area contributed by atoms with Gasteiger partial charge in [0.05, 0.1) is 0 Å². The van der Waals surface area contributed by atoms with Crippen molar-refractivity contribution in [3.63, 3.8) is 0 Å². The third-order valence-corrected chi connectivity index (χ3v) is 5.89. The van der Waals surface area contributed by atoms with Gasteiger partial charge in [-0.25, -0.2) is 0 Å². The van der Waals surface area contributed by atoms with Crippen LogP contribution in [0, 0.1) is 5.92 Å². The summed E-state index contributed by atoms with van der Waals surface area (Å²) in [5.41, 5.74) is 8.67. The lowest BCUT2D eigenvalue weighted by molar-refractivity contribution is 0.165. The summed E-state index contributed by atoms with van der Waals surface area (Å²) in [5, 5.41) is 0. The maximum atomic E-state index is 6.89. The lowest BCUT2D eigenvalue weighted by atomic mass is 9.60. The Bertz CT molecular complexity index is 399. The Morgan fingerprint density at radius 3 is 2.10 bits per heavy atom. The minimum atomic E-state index is 0.265. The summed E-state index contributed by atoms with van der Waals surface area (Å²) in [6.07, 6.45) is 13.6. The molecule has 0 amide bonds. The highest BCUT2D eigenvalue weighted by molar-refractivity contribution is 5.29. The first-order valence-corrected chi connectivity index (χ1v) is 8.64. The summed E-state index contributed by atoms with van der Waals surface area (Å²) in [5.74, 6) is 0.752. The Morgan fingerprint density at radius 1 is 0.850 bits per heavy atom. The van der Waals surface area contributed by atoms with E-state index in [1.165, 1.54) is 69.8 Å². The van der Waals surface area contributed by atoms with E-state index in [-0.39, 0.29) is 5.41 Å². The lowest BCUT2D eigenvalue weighted by Crippen LogP contribution is -2.51. The van der Waals surface area contributed by atoms with Gasteiger partial charge in [-0.3, -0.25) is 0 Å². The maximum Gasteiger partial charge on any atom is 0.0165 e. The van der Waals surface area contributed by atoms with E-state index in [4.69, 9.17) is 5.73 Å². The number of rotatable bonds is 3. The van der Waals surface area contributed by atoms with Crippen molar-refractivity contribution < 1.29 is 0 Å². The molecule has 1 atom stereocenters. The Labute approximate surface area is 124 Å². The average molecular weight is 271 g/mol. The van der Waals surface area contributed by atoms with Crippen molar-refractivity contribution in [1.82, 2.24) is 0 Å². The van der Waals surface area contributed by atoms with Gasteiger partial charge in [-0.2, -0.15) is 0 Å². The second kappa shape index (κ2) is 6.30. The summed E-state index contributed by atoms with van der Waals surface area (Å²) in [7, 11) is 0. The largest absolute Gasteiger partial charge is 0.327 e. The van der Waals surface area contributed by atoms with Gasteiger partial charge in [-0.05, 0) is 37.2 Å². The summed E-state index contributed by atoms with van der Waals surface area (Å²) < 4.78 is 0. The van der Waals surface area contributed by atoms with Crippen LogP contribution >= 0.6 is 0 Å². The average Bonchev–Trinajstić information content (AvgIpc) is 2.56. The van der Waals surface area contributed by atoms with Crippen molar-refractivity contribution in [3.8, 4) is 0 Å². The zero-order chi connectivity index (χ0) is 13.8. The highest BCUT2D eigenvalue weighted by Gasteiger charge is 2.42. The third kappa shape index (κ3) is 2.65. The molecule has 1 aromatic carbocycles. The Kier molecular flexibility index (Phi) is 4.45. The molecule has 1 aromatic rings. The first-order valence-electron chi connectivity index (χ1n) is 8.64. The van der Waals surface area contributed by atoms with Crippen LogP contribution < -0.4 is 5.73 Å². The molecule has 20 heavy (non-hydrogen) atoms. The molecule has 0 aliphatic heterocycles. The van der Waals surface area contributed by atoms with Gasteiger partial charge in [-0.15, -0.1) is 0 Å². The van der Waals surface area contributed by atoms with Gasteiger partial charge in [0.2, 0.25) is 0 Å². The van der Waals surface area contributed by atoms with E-state index in [1.54, 1.807) is 0 Å². The van der Waals surface area contributed by atoms with E-state index < -0.39 is 0 Å². The number of hydrogen-bond donors (Lipinski definition) is 1. The second-order valence-electron chi connectivity index (χ2n) is 7.01. The molecule has 1 unspecified atom stereocenters. The standard InChI is InChI=1S/C19H29N/c20-18(16-10-4-1-5-11-16)19(14-8-3-9-15-19)17-12-6-2-7-13-17/h2,6-7,12-13,16,18H,1,3-5,8-11,14-15,20H2. The molecule has 2 aliphatic rings. The van der Waals surface area contributed by atoms with Gasteiger partial charge in [0.1, 0.15) is 0 Å². The molecular formula is C19H29N. The number of benzene rings is 1. The van der Waals surface area contributed by atoms with Crippen LogP contribution in [0.2, 0.25) is 0 Å². The van der Waals surface area contributed by atoms with Gasteiger partial charge in [0.15, 0.2) is 0 Å². The molecule has 2 aliphatic carbocycles. The van der Waals surface area contributed by atoms with Crippen LogP contribution in [0.15, 0.2) is 30.3 Å². The molecule has 0 heterocycles. The zero-order valence-electron chi connectivity index (χ0n) is 12.7. The highest BCUT2D eigenvalue weighted by Crippen LogP contribution is 2.45. The summed E-state index contributed by atoms with van der Waals surface area (Å²) in [6, 6.07) is 11.5. The summed E-state index contributed by atoms with van der Waals surface area (Å²) in [4.78, 5) is 0. The van der Waals surface area contributed by atoms with Crippen LogP contribution in [-0.4, -0.2) is 6.04 Å². The van der Waals surface area contributed by atoms with Crippen molar-refractivity contribution in [2.75, 3.05) is 0 Å². The smallest absolute Gasteiger partial charge is 0.0165 e. The van der Waals surface area contributed by atoms with Crippen LogP contribution in [0.3, 0.4) is 0 Å². The molecule has 110 valence electrons. The molecule has 0 saturated heterocycles. The van der Waals surface area contributed by atoms with Crippen LogP contribution in [0.25, 0.3) is 0 Å². The van der Waals surface area contributed by atoms with Crippen molar-refractivity contribution in [3.05, 3.63) is 35.9 Å². The molecule has 0 aromatic heterocycles. The molecule has 0 radical (unpaired) electrons. The fraction of sp³-hybridized carbons (Fsp3) is 0.684. The SMILES string of the molecule is NC(C1CCCCC1)C1(c2ccccc2)CCCCC1. The molecule has 2 fully saturated rings. The number of hydrogen-bond acceptors (Lipinski definition) is 1. The highest BCUT2D eigenvalue weighted by atomic mass is 14.7. The quantitative estimate of drug-likeness (QED) is 0.840. The molecule has 0 bridgehead atoms. The Morgan fingerprint density at radius 2 is 1.45 bits per heavy atom. The molecule has 1 nitrogen and oxygen atoms in total. The van der Waals surface area contributed by atoms with E-state index in [2.05, 4.69) is 30.3 Å². The van der Waals surface area contributed by atoms with Gasteiger partial charge in [0.25, 0.3) is 0 Å². The van der Waals surface area contributed by atoms with Crippen LogP contribution in [-0.2, 0) is 5.41 Å². The van der Waals surface area contributed by atoms with Crippen molar-refractivity contribution >= 4 is 0 Å². The van der Waals surface area contributed by atoms with Crippen molar-refractivity contribution in [2.45, 2.75) is 75.7 Å². The van der Waals surface area contributed by atoms with E-state index in [9.17, 15) is 0 Å². The molecule has 2 N–H and O–H groups in total. The van der Waals surface area contributed by atoms with E-state index in [0.717, 1.165) is 5.92 Å². The first kappa shape index (κ1) is 14.1. The monoisotopic (exact) mass is 271 g/mol. The van der Waals surface area contributed by atoms with E-state index in [0.29, 0.717) is 6.04 Å². The van der Waals surface area contributed by atoms with Crippen molar-refractivity contribution in [2.24, 2.45) is 11.7 Å². The minimum absolute atomic E-state index is 0.265. The van der Waals surface area contributed by atoms with Gasteiger partial charge in [-0.1, -0.05) is 68.9 Å². The van der Waals surface area contributed by atoms with Crippen LogP contribution in [0.5, 0.6) is 0 Å². The second-order valence-corrected chi connectivity index (χ2v) is 7.01. The first-order chi connectivity index (χ1) is 9.83. The molecule has 1 heteroatoms. The van der Waals surface area contributed by atoms with Gasteiger partial charge in [0, 0.05) is 11.5 Å². The van der Waals surface area contributed by atoms with Gasteiger partial charge < -0.3 is 5.73 Å². The Balaban J connectivity index is 1.88. The fourth-order valence-electron chi connectivity index (χ4n) is 4.71. The maximum absolute atomic E-state index is 6.89. The van der Waals surface area contributed by atoms with Gasteiger partial charge >= 0.3 is 0 Å². The van der Waals surface area contributed by atoms with Crippen molar-refractivity contribution in [1.29, 1.82) is 0 Å². The molecular weight excluding hydrogens is 242 g/mol. The predicted molar refractivity (Wildman–Crippen MR) is 85.8 cm³/mol. The lowest BCUT2D eigenvalue weighted by Gasteiger charge is -2.46. The topological polar surface area (TPSA) is 26.0 Å². The van der Waals surface area contributed by atoms with Crippen LogP contribution in [0.4, 0.5) is 0 Å². The molecule has 2 saturated carbocycles. The summed E-state index contributed by atoms with van der Waals surface area (Å²) >= 11 is 0. The third-order valence-electron chi connectivity index (χ3n) is 5.89. The van der Waals surface area contributed by atoms with E-state index in [1.807, 2.05) is 0 Å². The molecule has 0 spiro atoms. The van der Waals surface area contributed by atoms with Crippen LogP contribution in [0.1, 0.15) is 69.8 Å². The number of nitrogens with two attached hydrogens (primary N) is 1. The Hall–Kier alpha value is -0.820. The summed E-state index contributed by atoms with van der Waals surface area (Å²) in [6.45, 7) is 0. The van der Waals surface area contributed by atoms with E-state index >= 15 is 0 Å². The normalized spacial score (nSPS) is 25.2. The predicted octanol–water partition coefficient (Wildman–Crippen LogP) is 4.80. The molecule has 3 rings (SSSR count). The fourth-order valence-corrected chi connectivity index (χ4v) is 4.71.